The minimum absolute atomic E-state index is 0.0939. The summed E-state index contributed by atoms with van der Waals surface area (Å²) in [5.41, 5.74) is -1.75. The molecule has 0 aromatic heterocycles. The predicted octanol–water partition coefficient (Wildman–Crippen LogP) is 3.69. The van der Waals surface area contributed by atoms with Crippen LogP contribution in [0, 0.1) is 29.1 Å². The maximum absolute atomic E-state index is 13.4. The minimum atomic E-state index is -1.43. The van der Waals surface area contributed by atoms with E-state index < -0.39 is 35.2 Å². The highest BCUT2D eigenvalue weighted by Crippen LogP contribution is 2.58. The molecule has 0 unspecified atom stereocenters. The molecule has 0 radical (unpaired) electrons. The average molecular weight is 417 g/mol. The fourth-order valence-corrected chi connectivity index (χ4v) is 6.41. The summed E-state index contributed by atoms with van der Waals surface area (Å²) in [7, 11) is 0. The Morgan fingerprint density at radius 2 is 1.93 bits per heavy atom. The largest absolute Gasteiger partial charge is 0.478 e. The zero-order chi connectivity index (χ0) is 22.0. The molecule has 0 aromatic rings. The third-order valence-electron chi connectivity index (χ3n) is 7.98. The van der Waals surface area contributed by atoms with Crippen LogP contribution in [-0.4, -0.2) is 40.6 Å². The maximum atomic E-state index is 13.4. The molecule has 0 aromatic carbocycles. The first-order chi connectivity index (χ1) is 14.0. The maximum Gasteiger partial charge on any atom is 0.331 e. The molecule has 6 nitrogen and oxygen atoms in total. The summed E-state index contributed by atoms with van der Waals surface area (Å²) in [6, 6.07) is 0. The van der Waals surface area contributed by atoms with Crippen LogP contribution in [0.15, 0.2) is 23.8 Å². The first kappa shape index (κ1) is 21.3. The second kappa shape index (κ2) is 7.04. The van der Waals surface area contributed by atoms with Crippen molar-refractivity contribution in [2.75, 3.05) is 0 Å². The SMILES string of the molecule is C=C1C(=O)[C@]2(C)C(=O)O[C@]34C[C@H](C)C(C(=O)O)=C[C@@H]3CCC[C@@H](C)C[C@@H](C)[C@H]1O[C@H]24. The molecule has 30 heavy (non-hydrogen) atoms. The summed E-state index contributed by atoms with van der Waals surface area (Å²) in [4.78, 5) is 38.4. The zero-order valence-corrected chi connectivity index (χ0v) is 18.3. The minimum Gasteiger partial charge on any atom is -0.478 e. The quantitative estimate of drug-likeness (QED) is 0.398. The molecule has 0 saturated carbocycles. The Bertz CT molecular complexity index is 843. The Hall–Kier alpha value is -1.95. The smallest absolute Gasteiger partial charge is 0.331 e. The van der Waals surface area contributed by atoms with Crippen molar-refractivity contribution in [3.63, 3.8) is 0 Å². The number of hydrogen-bond acceptors (Lipinski definition) is 5. The highest BCUT2D eigenvalue weighted by molar-refractivity contribution is 6.14. The molecule has 3 heterocycles. The molecule has 3 fully saturated rings. The Kier molecular flexibility index (Phi) is 5.00. The molecule has 3 aliphatic heterocycles. The molecule has 164 valence electrons. The van der Waals surface area contributed by atoms with Crippen LogP contribution in [0.4, 0.5) is 0 Å². The van der Waals surface area contributed by atoms with Crippen molar-refractivity contribution in [1.29, 1.82) is 0 Å². The van der Waals surface area contributed by atoms with Crippen LogP contribution in [0.2, 0.25) is 0 Å². The number of carbonyl (C=O) groups excluding carboxylic acids is 2. The Morgan fingerprint density at radius 1 is 1.23 bits per heavy atom. The van der Waals surface area contributed by atoms with Crippen molar-refractivity contribution in [1.82, 2.24) is 0 Å². The van der Waals surface area contributed by atoms with Gasteiger partial charge in [-0.2, -0.15) is 0 Å². The van der Waals surface area contributed by atoms with E-state index in [9.17, 15) is 19.5 Å². The fourth-order valence-electron chi connectivity index (χ4n) is 6.41. The third-order valence-corrected chi connectivity index (χ3v) is 7.98. The molecule has 1 aliphatic carbocycles. The van der Waals surface area contributed by atoms with E-state index in [1.807, 2.05) is 6.92 Å². The van der Waals surface area contributed by atoms with E-state index in [0.717, 1.165) is 19.3 Å². The van der Waals surface area contributed by atoms with Gasteiger partial charge in [-0.3, -0.25) is 9.59 Å². The van der Waals surface area contributed by atoms with E-state index in [0.29, 0.717) is 29.9 Å². The molecule has 0 amide bonds. The van der Waals surface area contributed by atoms with Crippen LogP contribution in [0.1, 0.15) is 59.8 Å². The summed E-state index contributed by atoms with van der Waals surface area (Å²) in [6.45, 7) is 11.7. The number of fused-ring (bicyclic) bond motifs is 1. The number of carbonyl (C=O) groups is 3. The lowest BCUT2D eigenvalue weighted by atomic mass is 9.61. The lowest BCUT2D eigenvalue weighted by molar-refractivity contribution is -0.176. The number of esters is 1. The van der Waals surface area contributed by atoms with E-state index in [1.165, 1.54) is 0 Å². The van der Waals surface area contributed by atoms with Gasteiger partial charge in [0.2, 0.25) is 0 Å². The second-order valence-electron chi connectivity index (χ2n) is 10.2. The Balaban J connectivity index is 1.88. The molecule has 1 spiro atoms. The average Bonchev–Trinajstić information content (AvgIpc) is 2.86. The van der Waals surface area contributed by atoms with Crippen LogP contribution in [-0.2, 0) is 23.9 Å². The second-order valence-corrected chi connectivity index (χ2v) is 10.2. The van der Waals surface area contributed by atoms with Crippen LogP contribution in [0.3, 0.4) is 0 Å². The van der Waals surface area contributed by atoms with Crippen molar-refractivity contribution in [2.24, 2.45) is 29.1 Å². The predicted molar refractivity (Wildman–Crippen MR) is 110 cm³/mol. The number of carboxylic acid groups (broad SMARTS) is 1. The highest BCUT2D eigenvalue weighted by Gasteiger charge is 2.72. The summed E-state index contributed by atoms with van der Waals surface area (Å²) in [5, 5.41) is 9.70. The number of carboxylic acids is 1. The van der Waals surface area contributed by atoms with E-state index in [4.69, 9.17) is 9.47 Å². The number of hydrogen-bond donors (Lipinski definition) is 1. The van der Waals surface area contributed by atoms with Crippen molar-refractivity contribution in [3.05, 3.63) is 23.8 Å². The van der Waals surface area contributed by atoms with Gasteiger partial charge in [0.15, 0.2) is 11.2 Å². The van der Waals surface area contributed by atoms with Gasteiger partial charge in [-0.25, -0.2) is 4.79 Å². The number of ketones is 1. The van der Waals surface area contributed by atoms with Crippen LogP contribution >= 0.6 is 0 Å². The van der Waals surface area contributed by atoms with Gasteiger partial charge >= 0.3 is 11.9 Å². The van der Waals surface area contributed by atoms with Gasteiger partial charge in [-0.05, 0) is 43.9 Å². The van der Waals surface area contributed by atoms with E-state index in [1.54, 1.807) is 13.0 Å². The van der Waals surface area contributed by atoms with Crippen molar-refractivity contribution >= 4 is 17.7 Å². The van der Waals surface area contributed by atoms with Crippen LogP contribution in [0.25, 0.3) is 0 Å². The number of aliphatic carboxylic acids is 1. The number of ether oxygens (including phenoxy) is 2. The molecule has 1 N–H and O–H groups in total. The molecule has 6 heteroatoms. The highest BCUT2D eigenvalue weighted by atomic mass is 16.6. The molecular formula is C24H32O6. The summed E-state index contributed by atoms with van der Waals surface area (Å²) in [6.07, 6.45) is 4.42. The monoisotopic (exact) mass is 416 g/mol. The first-order valence-corrected chi connectivity index (χ1v) is 11.1. The van der Waals surface area contributed by atoms with Gasteiger partial charge in [-0.1, -0.05) is 46.3 Å². The van der Waals surface area contributed by atoms with Gasteiger partial charge in [0.05, 0.1) is 6.10 Å². The van der Waals surface area contributed by atoms with Crippen molar-refractivity contribution in [3.8, 4) is 0 Å². The fraction of sp³-hybridized carbons (Fsp3) is 0.708. The number of Topliss-reactive ketones (excluding diaryl/α,β-unsaturated/α-hetero) is 1. The first-order valence-electron chi connectivity index (χ1n) is 11.1. The topological polar surface area (TPSA) is 89.9 Å². The summed E-state index contributed by atoms with van der Waals surface area (Å²) < 4.78 is 12.7. The Morgan fingerprint density at radius 3 is 2.60 bits per heavy atom. The van der Waals surface area contributed by atoms with Crippen LogP contribution in [0.5, 0.6) is 0 Å². The lowest BCUT2D eigenvalue weighted by Crippen LogP contribution is -2.61. The third kappa shape index (κ3) is 2.83. The summed E-state index contributed by atoms with van der Waals surface area (Å²) in [5.74, 6) is -1.86. The Labute approximate surface area is 177 Å². The van der Waals surface area contributed by atoms with Gasteiger partial charge in [0, 0.05) is 17.1 Å². The molecular weight excluding hydrogens is 384 g/mol. The van der Waals surface area contributed by atoms with Gasteiger partial charge < -0.3 is 14.6 Å². The lowest BCUT2D eigenvalue weighted by Gasteiger charge is -2.48. The molecule has 2 bridgehead atoms. The van der Waals surface area contributed by atoms with E-state index in [-0.39, 0.29) is 23.5 Å². The summed E-state index contributed by atoms with van der Waals surface area (Å²) >= 11 is 0. The van der Waals surface area contributed by atoms with E-state index in [2.05, 4.69) is 20.4 Å². The molecule has 8 atom stereocenters. The zero-order valence-electron chi connectivity index (χ0n) is 18.3. The molecule has 3 saturated heterocycles. The van der Waals surface area contributed by atoms with E-state index >= 15 is 0 Å². The standard InChI is InChI=1S/C24H32O6/c1-12-7-6-8-16-10-17(20(26)27)14(3)11-24(16)21-23(5,22(28)30-24)19(25)15(4)18(29-21)13(2)9-12/h10,12-14,16,18,21H,4,6-9,11H2,1-3,5H3,(H,26,27)/t12-,13-,14+,16+,18-,21-,23+,24-/m1/s1. The van der Waals surface area contributed by atoms with Gasteiger partial charge in [0.25, 0.3) is 0 Å². The van der Waals surface area contributed by atoms with Crippen molar-refractivity contribution in [2.45, 2.75) is 77.6 Å². The molecule has 4 rings (SSSR count). The van der Waals surface area contributed by atoms with Crippen LogP contribution < -0.4 is 0 Å². The van der Waals surface area contributed by atoms with Crippen molar-refractivity contribution < 1.29 is 29.0 Å². The normalized spacial score (nSPS) is 46.4. The molecule has 4 aliphatic rings. The van der Waals surface area contributed by atoms with Gasteiger partial charge in [0.1, 0.15) is 11.7 Å². The van der Waals surface area contributed by atoms with Gasteiger partial charge in [-0.15, -0.1) is 0 Å². The number of rotatable bonds is 1.